The molecule has 0 saturated heterocycles. The molecular weight excluding hydrogens is 261 g/mol. The van der Waals surface area contributed by atoms with Crippen LogP contribution in [0.25, 0.3) is 0 Å². The van der Waals surface area contributed by atoms with Gasteiger partial charge in [-0.15, -0.1) is 0 Å². The van der Waals surface area contributed by atoms with E-state index in [2.05, 4.69) is 6.58 Å². The standard InChI is InChI=1S/C13H17F3O3/c1-3-11(17)19-10-6-7-4-8(10)5-9(7)12(2,18)13(14,15)16/h3,7-10,18H,1,4-6H2,2H3. The summed E-state index contributed by atoms with van der Waals surface area (Å²) in [5.74, 6) is -1.69. The Bertz CT molecular complexity index is 389. The quantitative estimate of drug-likeness (QED) is 0.637. The molecule has 2 fully saturated rings. The van der Waals surface area contributed by atoms with Gasteiger partial charge in [0.25, 0.3) is 0 Å². The van der Waals surface area contributed by atoms with E-state index < -0.39 is 23.7 Å². The van der Waals surface area contributed by atoms with Crippen molar-refractivity contribution < 1.29 is 27.8 Å². The van der Waals surface area contributed by atoms with Crippen LogP contribution in [0.2, 0.25) is 0 Å². The van der Waals surface area contributed by atoms with Crippen LogP contribution >= 0.6 is 0 Å². The maximum Gasteiger partial charge on any atom is 0.417 e. The second kappa shape index (κ2) is 4.51. The second-order valence-electron chi connectivity index (χ2n) is 5.66. The van der Waals surface area contributed by atoms with Gasteiger partial charge in [-0.05, 0) is 43.9 Å². The molecule has 1 N–H and O–H groups in total. The molecule has 0 radical (unpaired) electrons. The van der Waals surface area contributed by atoms with E-state index in [1.807, 2.05) is 0 Å². The van der Waals surface area contributed by atoms with E-state index in [1.54, 1.807) is 0 Å². The first kappa shape index (κ1) is 14.4. The lowest BCUT2D eigenvalue weighted by molar-refractivity contribution is -0.278. The number of aliphatic hydroxyl groups is 1. The number of esters is 1. The van der Waals surface area contributed by atoms with Gasteiger partial charge in [-0.25, -0.2) is 4.79 Å². The van der Waals surface area contributed by atoms with Crippen LogP contribution in [-0.4, -0.2) is 29.0 Å². The molecule has 2 bridgehead atoms. The number of halogens is 3. The summed E-state index contributed by atoms with van der Waals surface area (Å²) >= 11 is 0. The van der Waals surface area contributed by atoms with Gasteiger partial charge in [0.2, 0.25) is 0 Å². The first-order valence-electron chi connectivity index (χ1n) is 6.29. The van der Waals surface area contributed by atoms with E-state index in [4.69, 9.17) is 4.74 Å². The van der Waals surface area contributed by atoms with Gasteiger partial charge in [-0.3, -0.25) is 0 Å². The number of ether oxygens (including phenoxy) is 1. The minimum atomic E-state index is -4.63. The number of carbonyl (C=O) groups is 1. The first-order chi connectivity index (χ1) is 8.66. The largest absolute Gasteiger partial charge is 0.459 e. The lowest BCUT2D eigenvalue weighted by Crippen LogP contribution is -2.51. The van der Waals surface area contributed by atoms with Crippen molar-refractivity contribution in [1.82, 2.24) is 0 Å². The van der Waals surface area contributed by atoms with Crippen molar-refractivity contribution in [2.45, 2.75) is 44.1 Å². The van der Waals surface area contributed by atoms with Crippen molar-refractivity contribution in [3.63, 3.8) is 0 Å². The Kier molecular flexibility index (Phi) is 3.41. The predicted octanol–water partition coefficient (Wildman–Crippen LogP) is 2.44. The van der Waals surface area contributed by atoms with Gasteiger partial charge in [-0.2, -0.15) is 13.2 Å². The minimum absolute atomic E-state index is 0.0901. The van der Waals surface area contributed by atoms with E-state index >= 15 is 0 Å². The molecular formula is C13H17F3O3. The zero-order valence-electron chi connectivity index (χ0n) is 10.6. The molecule has 2 aliphatic rings. The molecule has 0 spiro atoms. The number of fused-ring (bicyclic) bond motifs is 2. The molecule has 0 aromatic heterocycles. The van der Waals surface area contributed by atoms with E-state index in [1.165, 1.54) is 0 Å². The average molecular weight is 278 g/mol. The smallest absolute Gasteiger partial charge is 0.417 e. The molecule has 0 aliphatic heterocycles. The predicted molar refractivity (Wildman–Crippen MR) is 61.1 cm³/mol. The third-order valence-corrected chi connectivity index (χ3v) is 4.52. The van der Waals surface area contributed by atoms with Crippen molar-refractivity contribution in [2.75, 3.05) is 0 Å². The zero-order chi connectivity index (χ0) is 14.4. The van der Waals surface area contributed by atoms with Crippen LogP contribution in [0.3, 0.4) is 0 Å². The molecule has 5 unspecified atom stereocenters. The highest BCUT2D eigenvalue weighted by molar-refractivity contribution is 5.81. The Hall–Kier alpha value is -1.04. The molecule has 0 aromatic rings. The Morgan fingerprint density at radius 3 is 2.37 bits per heavy atom. The number of hydrogen-bond acceptors (Lipinski definition) is 3. The zero-order valence-corrected chi connectivity index (χ0v) is 10.6. The van der Waals surface area contributed by atoms with Crippen LogP contribution in [0, 0.1) is 17.8 Å². The summed E-state index contributed by atoms with van der Waals surface area (Å²) in [6.45, 7) is 4.12. The van der Waals surface area contributed by atoms with Gasteiger partial charge in [0, 0.05) is 6.08 Å². The number of carbonyl (C=O) groups excluding carboxylic acids is 1. The summed E-state index contributed by atoms with van der Waals surface area (Å²) in [6, 6.07) is 0. The Balaban J connectivity index is 2.03. The Morgan fingerprint density at radius 1 is 1.32 bits per heavy atom. The van der Waals surface area contributed by atoms with E-state index in [9.17, 15) is 23.1 Å². The number of hydrogen-bond donors (Lipinski definition) is 1. The highest BCUT2D eigenvalue weighted by Crippen LogP contribution is 2.56. The van der Waals surface area contributed by atoms with E-state index in [-0.39, 0.29) is 24.4 Å². The monoisotopic (exact) mass is 278 g/mol. The van der Waals surface area contributed by atoms with Crippen LogP contribution < -0.4 is 0 Å². The van der Waals surface area contributed by atoms with Crippen molar-refractivity contribution in [1.29, 1.82) is 0 Å². The average Bonchev–Trinajstić information content (AvgIpc) is 2.86. The molecule has 5 atom stereocenters. The summed E-state index contributed by atoms with van der Waals surface area (Å²) in [5, 5.41) is 9.74. The van der Waals surface area contributed by atoms with Crippen LogP contribution in [0.4, 0.5) is 13.2 Å². The van der Waals surface area contributed by atoms with Gasteiger partial charge in [0.05, 0.1) is 0 Å². The van der Waals surface area contributed by atoms with Crippen molar-refractivity contribution in [3.05, 3.63) is 12.7 Å². The molecule has 19 heavy (non-hydrogen) atoms. The molecule has 2 aliphatic carbocycles. The summed E-state index contributed by atoms with van der Waals surface area (Å²) in [4.78, 5) is 11.1. The summed E-state index contributed by atoms with van der Waals surface area (Å²) < 4.78 is 43.6. The fourth-order valence-electron chi connectivity index (χ4n) is 3.46. The number of rotatable bonds is 3. The lowest BCUT2D eigenvalue weighted by atomic mass is 9.76. The summed E-state index contributed by atoms with van der Waals surface area (Å²) in [7, 11) is 0. The molecule has 3 nitrogen and oxygen atoms in total. The van der Waals surface area contributed by atoms with Gasteiger partial charge >= 0.3 is 12.1 Å². The molecule has 0 heterocycles. The Morgan fingerprint density at radius 2 is 1.95 bits per heavy atom. The minimum Gasteiger partial charge on any atom is -0.459 e. The molecule has 6 heteroatoms. The number of alkyl halides is 3. The van der Waals surface area contributed by atoms with Crippen molar-refractivity contribution in [3.8, 4) is 0 Å². The van der Waals surface area contributed by atoms with Crippen LogP contribution in [-0.2, 0) is 9.53 Å². The van der Waals surface area contributed by atoms with Crippen molar-refractivity contribution in [2.24, 2.45) is 17.8 Å². The maximum absolute atomic E-state index is 12.8. The highest BCUT2D eigenvalue weighted by Gasteiger charge is 2.62. The van der Waals surface area contributed by atoms with Crippen molar-refractivity contribution >= 4 is 5.97 Å². The maximum atomic E-state index is 12.8. The van der Waals surface area contributed by atoms with Crippen LogP contribution in [0.5, 0.6) is 0 Å². The van der Waals surface area contributed by atoms with Gasteiger partial charge in [0.1, 0.15) is 6.10 Å². The molecule has 0 aromatic carbocycles. The van der Waals surface area contributed by atoms with Crippen LogP contribution in [0.1, 0.15) is 26.2 Å². The normalized spacial score (nSPS) is 36.9. The third kappa shape index (κ3) is 2.38. The van der Waals surface area contributed by atoms with Gasteiger partial charge in [0.15, 0.2) is 5.60 Å². The topological polar surface area (TPSA) is 46.5 Å². The SMILES string of the molecule is C=CC(=O)OC1CC2CC1CC2C(C)(O)C(F)(F)F. The van der Waals surface area contributed by atoms with E-state index in [0.29, 0.717) is 12.8 Å². The molecule has 2 rings (SSSR count). The molecule has 108 valence electrons. The summed E-state index contributed by atoms with van der Waals surface area (Å²) in [6.07, 6.45) is -2.71. The van der Waals surface area contributed by atoms with Gasteiger partial charge in [-0.1, -0.05) is 6.58 Å². The van der Waals surface area contributed by atoms with Gasteiger partial charge < -0.3 is 9.84 Å². The lowest BCUT2D eigenvalue weighted by Gasteiger charge is -2.38. The third-order valence-electron chi connectivity index (χ3n) is 4.52. The summed E-state index contributed by atoms with van der Waals surface area (Å²) in [5.41, 5.74) is -2.67. The molecule has 2 saturated carbocycles. The van der Waals surface area contributed by atoms with Crippen LogP contribution in [0.15, 0.2) is 12.7 Å². The highest BCUT2D eigenvalue weighted by atomic mass is 19.4. The fraction of sp³-hybridized carbons (Fsp3) is 0.769. The Labute approximate surface area is 109 Å². The first-order valence-corrected chi connectivity index (χ1v) is 6.29. The second-order valence-corrected chi connectivity index (χ2v) is 5.66. The van der Waals surface area contributed by atoms with E-state index in [0.717, 1.165) is 13.0 Å². The molecule has 0 amide bonds. The fourth-order valence-corrected chi connectivity index (χ4v) is 3.46.